The molecule has 0 aliphatic heterocycles. The van der Waals surface area contributed by atoms with E-state index < -0.39 is 0 Å². The Morgan fingerprint density at radius 2 is 2.26 bits per heavy atom. The zero-order valence-corrected chi connectivity index (χ0v) is 10.5. The molecule has 6 nitrogen and oxygen atoms in total. The molecule has 96 valence electrons. The Labute approximate surface area is 110 Å². The maximum Gasteiger partial charge on any atom is 0.123 e. The second kappa shape index (κ2) is 4.56. The van der Waals surface area contributed by atoms with E-state index in [1.807, 2.05) is 37.1 Å². The summed E-state index contributed by atoms with van der Waals surface area (Å²) in [4.78, 5) is 8.24. The van der Waals surface area contributed by atoms with Gasteiger partial charge in [-0.25, -0.2) is 9.97 Å². The summed E-state index contributed by atoms with van der Waals surface area (Å²) >= 11 is 0. The minimum absolute atomic E-state index is 0.144. The van der Waals surface area contributed by atoms with Gasteiger partial charge >= 0.3 is 0 Å². The van der Waals surface area contributed by atoms with E-state index in [0.717, 1.165) is 16.8 Å². The van der Waals surface area contributed by atoms with Gasteiger partial charge in [-0.15, -0.1) is 0 Å². The van der Waals surface area contributed by atoms with Crippen LogP contribution in [0.5, 0.6) is 0 Å². The van der Waals surface area contributed by atoms with Crippen LogP contribution in [0.25, 0.3) is 11.3 Å². The Morgan fingerprint density at radius 3 is 3.00 bits per heavy atom. The highest BCUT2D eigenvalue weighted by Gasteiger charge is 2.13. The first kappa shape index (κ1) is 11.5. The van der Waals surface area contributed by atoms with E-state index in [-0.39, 0.29) is 6.04 Å². The van der Waals surface area contributed by atoms with Crippen molar-refractivity contribution in [3.8, 4) is 11.3 Å². The van der Waals surface area contributed by atoms with Crippen LogP contribution >= 0.6 is 0 Å². The van der Waals surface area contributed by atoms with Crippen molar-refractivity contribution in [2.24, 2.45) is 0 Å². The lowest BCUT2D eigenvalue weighted by Gasteiger charge is -2.15. The van der Waals surface area contributed by atoms with Crippen LogP contribution in [-0.4, -0.2) is 24.7 Å². The molecule has 3 heterocycles. The van der Waals surface area contributed by atoms with Gasteiger partial charge in [0.1, 0.15) is 5.82 Å². The second-order valence-electron chi connectivity index (χ2n) is 4.36. The van der Waals surface area contributed by atoms with Crippen molar-refractivity contribution in [2.75, 3.05) is 5.73 Å². The fourth-order valence-corrected chi connectivity index (χ4v) is 2.09. The summed E-state index contributed by atoms with van der Waals surface area (Å²) in [6.07, 6.45) is 9.03. The van der Waals surface area contributed by atoms with Gasteiger partial charge in [0.2, 0.25) is 0 Å². The molecule has 1 unspecified atom stereocenters. The van der Waals surface area contributed by atoms with Crippen LogP contribution in [0.4, 0.5) is 5.82 Å². The molecule has 0 radical (unpaired) electrons. The van der Waals surface area contributed by atoms with E-state index in [0.29, 0.717) is 5.82 Å². The molecule has 0 amide bonds. The Balaban J connectivity index is 2.03. The molecular weight excluding hydrogens is 240 g/mol. The van der Waals surface area contributed by atoms with Crippen LogP contribution in [-0.2, 0) is 0 Å². The molecule has 0 saturated carbocycles. The lowest BCUT2D eigenvalue weighted by atomic mass is 10.1. The third-order valence-electron chi connectivity index (χ3n) is 3.16. The molecule has 0 spiro atoms. The quantitative estimate of drug-likeness (QED) is 0.747. The van der Waals surface area contributed by atoms with Gasteiger partial charge in [0, 0.05) is 23.5 Å². The van der Waals surface area contributed by atoms with E-state index in [9.17, 15) is 0 Å². The topological polar surface area (TPSA) is 85.4 Å². The fraction of sp³-hybridized carbons (Fsp3) is 0.154. The van der Waals surface area contributed by atoms with Gasteiger partial charge in [-0.1, -0.05) is 0 Å². The number of hydrogen-bond acceptors (Lipinski definition) is 4. The van der Waals surface area contributed by atoms with Crippen molar-refractivity contribution in [3.63, 3.8) is 0 Å². The molecule has 1 atom stereocenters. The number of nitrogens with zero attached hydrogens (tertiary/aromatic N) is 4. The minimum Gasteiger partial charge on any atom is -0.384 e. The summed E-state index contributed by atoms with van der Waals surface area (Å²) < 4.78 is 2.08. The standard InChI is InChI=1S/C13H14N6/c1-9(11-5-17-18-6-11)19-8-15-7-12(19)10-2-3-16-13(14)4-10/h2-9H,1H3,(H2,14,16)(H,17,18). The third kappa shape index (κ3) is 2.08. The predicted molar refractivity (Wildman–Crippen MR) is 72.3 cm³/mol. The van der Waals surface area contributed by atoms with Crippen LogP contribution in [0, 0.1) is 0 Å². The predicted octanol–water partition coefficient (Wildman–Crippen LogP) is 1.86. The number of nitrogens with two attached hydrogens (primary N) is 1. The molecule has 0 bridgehead atoms. The Morgan fingerprint density at radius 1 is 1.37 bits per heavy atom. The summed E-state index contributed by atoms with van der Waals surface area (Å²) in [5.74, 6) is 0.501. The summed E-state index contributed by atoms with van der Waals surface area (Å²) in [6.45, 7) is 2.10. The Hall–Kier alpha value is -2.63. The monoisotopic (exact) mass is 254 g/mol. The van der Waals surface area contributed by atoms with Crippen molar-refractivity contribution in [1.82, 2.24) is 24.7 Å². The number of rotatable bonds is 3. The normalized spacial score (nSPS) is 12.5. The molecule has 0 aromatic carbocycles. The van der Waals surface area contributed by atoms with Gasteiger partial charge < -0.3 is 10.3 Å². The van der Waals surface area contributed by atoms with Gasteiger partial charge in [-0.2, -0.15) is 5.10 Å². The van der Waals surface area contributed by atoms with Gasteiger partial charge in [-0.3, -0.25) is 5.10 Å². The molecule has 3 aromatic rings. The largest absolute Gasteiger partial charge is 0.384 e. The highest BCUT2D eigenvalue weighted by atomic mass is 15.1. The highest BCUT2D eigenvalue weighted by Crippen LogP contribution is 2.26. The number of imidazole rings is 1. The number of aromatic amines is 1. The van der Waals surface area contributed by atoms with Crippen LogP contribution in [0.2, 0.25) is 0 Å². The summed E-state index contributed by atoms with van der Waals surface area (Å²) in [5.41, 5.74) is 8.83. The Bertz CT molecular complexity index is 670. The fourth-order valence-electron chi connectivity index (χ4n) is 2.09. The average molecular weight is 254 g/mol. The number of aromatic nitrogens is 5. The number of anilines is 1. The van der Waals surface area contributed by atoms with Crippen molar-refractivity contribution >= 4 is 5.82 Å². The summed E-state index contributed by atoms with van der Waals surface area (Å²) in [7, 11) is 0. The van der Waals surface area contributed by atoms with Gasteiger partial charge in [-0.05, 0) is 19.1 Å². The highest BCUT2D eigenvalue weighted by molar-refractivity contribution is 5.62. The van der Waals surface area contributed by atoms with Crippen molar-refractivity contribution < 1.29 is 0 Å². The first-order valence-corrected chi connectivity index (χ1v) is 5.98. The van der Waals surface area contributed by atoms with E-state index in [2.05, 4.69) is 31.7 Å². The van der Waals surface area contributed by atoms with E-state index >= 15 is 0 Å². The van der Waals surface area contributed by atoms with E-state index in [4.69, 9.17) is 5.73 Å². The number of pyridine rings is 1. The summed E-state index contributed by atoms with van der Waals surface area (Å²) in [5, 5.41) is 6.81. The van der Waals surface area contributed by atoms with Gasteiger partial charge in [0.05, 0.1) is 30.5 Å². The first-order chi connectivity index (χ1) is 9.25. The molecule has 3 aromatic heterocycles. The van der Waals surface area contributed by atoms with Gasteiger partial charge in [0.25, 0.3) is 0 Å². The zero-order chi connectivity index (χ0) is 13.2. The maximum atomic E-state index is 5.73. The SMILES string of the molecule is CC(c1cn[nH]c1)n1cncc1-c1ccnc(N)c1. The minimum atomic E-state index is 0.144. The summed E-state index contributed by atoms with van der Waals surface area (Å²) in [6, 6.07) is 3.91. The number of nitrogens with one attached hydrogen (secondary N) is 1. The second-order valence-corrected chi connectivity index (χ2v) is 4.36. The molecule has 3 N–H and O–H groups in total. The lowest BCUT2D eigenvalue weighted by Crippen LogP contribution is -2.06. The first-order valence-electron chi connectivity index (χ1n) is 5.98. The molecule has 0 saturated heterocycles. The molecule has 6 heteroatoms. The molecular formula is C13H14N6. The average Bonchev–Trinajstić information content (AvgIpc) is 3.09. The zero-order valence-electron chi connectivity index (χ0n) is 10.5. The Kier molecular flexibility index (Phi) is 2.75. The van der Waals surface area contributed by atoms with Crippen LogP contribution in [0.1, 0.15) is 18.5 Å². The van der Waals surface area contributed by atoms with Crippen LogP contribution < -0.4 is 5.73 Å². The molecule has 19 heavy (non-hydrogen) atoms. The maximum absolute atomic E-state index is 5.73. The smallest absolute Gasteiger partial charge is 0.123 e. The number of hydrogen-bond donors (Lipinski definition) is 2. The van der Waals surface area contributed by atoms with E-state index in [1.54, 1.807) is 6.20 Å². The van der Waals surface area contributed by atoms with Crippen LogP contribution in [0.15, 0.2) is 43.2 Å². The lowest BCUT2D eigenvalue weighted by molar-refractivity contribution is 0.645. The van der Waals surface area contributed by atoms with Gasteiger partial charge in [0.15, 0.2) is 0 Å². The number of H-pyrrole nitrogens is 1. The van der Waals surface area contributed by atoms with Crippen molar-refractivity contribution in [2.45, 2.75) is 13.0 Å². The molecule has 3 rings (SSSR count). The van der Waals surface area contributed by atoms with Crippen molar-refractivity contribution in [1.29, 1.82) is 0 Å². The van der Waals surface area contributed by atoms with Crippen LogP contribution in [0.3, 0.4) is 0 Å². The molecule has 0 aliphatic carbocycles. The van der Waals surface area contributed by atoms with E-state index in [1.165, 1.54) is 0 Å². The number of nitrogen functional groups attached to an aromatic ring is 1. The molecule has 0 aliphatic rings. The van der Waals surface area contributed by atoms with Crippen molar-refractivity contribution in [3.05, 3.63) is 48.8 Å². The molecule has 0 fully saturated rings. The third-order valence-corrected chi connectivity index (χ3v) is 3.16.